The number of anilines is 2. The quantitative estimate of drug-likeness (QED) is 0.0411. The maximum atomic E-state index is 13.4. The van der Waals surface area contributed by atoms with Crippen molar-refractivity contribution in [2.45, 2.75) is 102 Å². The molecule has 20 nitrogen and oxygen atoms in total. The van der Waals surface area contributed by atoms with Gasteiger partial charge in [-0.2, -0.15) is 0 Å². The fourth-order valence-electron chi connectivity index (χ4n) is 9.52. The SMILES string of the molecule is CCCCc1nc2c(N)nc3cc(C(=O)O)ccc3c2n1Cc1ccc(C[N+]2(Cc3ccc(O[C@H]4O[C@H](CO)[C@@H](O)[C@H](O)[C@@H]4O)c(NC(=O)CCNC(=O)CCN4C(=O)C=CC4=O)c3)CCCC2)cc1. The number of carboxylic acids is 1. The molecular weight excluding hydrogens is 905 g/mol. The van der Waals surface area contributed by atoms with E-state index in [0.717, 1.165) is 107 Å². The van der Waals surface area contributed by atoms with E-state index in [4.69, 9.17) is 20.2 Å². The molecule has 2 aromatic heterocycles. The van der Waals surface area contributed by atoms with Crippen molar-refractivity contribution in [2.24, 2.45) is 0 Å². The molecule has 70 heavy (non-hydrogen) atoms. The Hall–Kier alpha value is -6.81. The number of hydrogen-bond acceptors (Lipinski definition) is 14. The monoisotopic (exact) mass is 963 g/mol. The van der Waals surface area contributed by atoms with Crippen LogP contribution in [0.5, 0.6) is 5.75 Å². The van der Waals surface area contributed by atoms with Crippen molar-refractivity contribution in [1.82, 2.24) is 24.8 Å². The maximum absolute atomic E-state index is 13.4. The molecule has 5 aromatic rings. The Morgan fingerprint density at radius 2 is 1.57 bits per heavy atom. The summed E-state index contributed by atoms with van der Waals surface area (Å²) < 4.78 is 14.5. The number of pyridine rings is 1. The number of aliphatic hydroxyl groups is 4. The minimum absolute atomic E-state index is 0.0521. The van der Waals surface area contributed by atoms with Crippen LogP contribution in [-0.4, -0.2) is 143 Å². The number of aromatic nitrogens is 3. The summed E-state index contributed by atoms with van der Waals surface area (Å²) in [7, 11) is 0. The molecule has 3 aliphatic heterocycles. The van der Waals surface area contributed by atoms with Crippen LogP contribution in [0.4, 0.5) is 11.5 Å². The molecule has 3 aliphatic rings. The van der Waals surface area contributed by atoms with Gasteiger partial charge in [0.1, 0.15) is 54.6 Å². The molecule has 20 heteroatoms. The molecule has 5 atom stereocenters. The van der Waals surface area contributed by atoms with Crippen LogP contribution in [0.3, 0.4) is 0 Å². The number of nitrogens with zero attached hydrogens (tertiary/aromatic N) is 5. The minimum atomic E-state index is -1.70. The van der Waals surface area contributed by atoms with Gasteiger partial charge < -0.3 is 60.4 Å². The zero-order chi connectivity index (χ0) is 49.7. The first-order valence-electron chi connectivity index (χ1n) is 23.6. The minimum Gasteiger partial charge on any atom is -0.478 e. The van der Waals surface area contributed by atoms with E-state index in [1.54, 1.807) is 24.3 Å². The van der Waals surface area contributed by atoms with E-state index in [1.807, 2.05) is 6.07 Å². The average Bonchev–Trinajstić information content (AvgIpc) is 4.05. The predicted molar refractivity (Wildman–Crippen MR) is 255 cm³/mol. The Morgan fingerprint density at radius 3 is 2.27 bits per heavy atom. The number of carbonyl (C=O) groups is 5. The van der Waals surface area contributed by atoms with Gasteiger partial charge in [-0.15, -0.1) is 0 Å². The van der Waals surface area contributed by atoms with E-state index < -0.39 is 66.9 Å². The number of likely N-dealkylation sites (tertiary alicyclic amines) is 1. The molecule has 0 radical (unpaired) electrons. The third kappa shape index (κ3) is 11.0. The molecule has 0 aliphatic carbocycles. The summed E-state index contributed by atoms with van der Waals surface area (Å²) in [6, 6.07) is 18.6. The number of imidazole rings is 1. The van der Waals surface area contributed by atoms with Crippen LogP contribution in [0.15, 0.2) is 72.8 Å². The Morgan fingerprint density at radius 1 is 0.871 bits per heavy atom. The lowest BCUT2D eigenvalue weighted by Crippen LogP contribution is -2.60. The molecule has 370 valence electrons. The van der Waals surface area contributed by atoms with Crippen molar-refractivity contribution >= 4 is 63.0 Å². The normalized spacial score (nSPS) is 20.9. The number of amides is 4. The summed E-state index contributed by atoms with van der Waals surface area (Å²) in [6.07, 6.45) is -1.09. The summed E-state index contributed by atoms with van der Waals surface area (Å²) >= 11 is 0. The van der Waals surface area contributed by atoms with Crippen molar-refractivity contribution in [3.8, 4) is 5.75 Å². The number of nitrogens with one attached hydrogen (secondary N) is 2. The second-order valence-electron chi connectivity index (χ2n) is 18.3. The number of carboxylic acid groups (broad SMARTS) is 1. The molecule has 0 unspecified atom stereocenters. The summed E-state index contributed by atoms with van der Waals surface area (Å²) in [6.45, 7) is 4.93. The zero-order valence-electron chi connectivity index (χ0n) is 38.8. The lowest BCUT2D eigenvalue weighted by Gasteiger charge is -2.39. The number of aryl methyl sites for hydroxylation is 1. The molecule has 0 saturated carbocycles. The van der Waals surface area contributed by atoms with E-state index in [2.05, 4.69) is 51.4 Å². The summed E-state index contributed by atoms with van der Waals surface area (Å²) in [5, 5.41) is 57.3. The molecular formula is C50H59N8O12+. The summed E-state index contributed by atoms with van der Waals surface area (Å²) in [5.41, 5.74) is 11.7. The fraction of sp³-hybridized carbons (Fsp3) is 0.420. The van der Waals surface area contributed by atoms with Crippen molar-refractivity contribution in [2.75, 3.05) is 43.8 Å². The number of aromatic carboxylic acids is 1. The van der Waals surface area contributed by atoms with Crippen LogP contribution in [-0.2, 0) is 50.0 Å². The first-order chi connectivity index (χ1) is 33.6. The molecule has 2 fully saturated rings. The topological polar surface area (TPSA) is 289 Å². The molecule has 0 spiro atoms. The van der Waals surface area contributed by atoms with Gasteiger partial charge in [0.05, 0.1) is 42.0 Å². The van der Waals surface area contributed by atoms with Gasteiger partial charge in [0, 0.05) is 80.4 Å². The molecule has 2 saturated heterocycles. The van der Waals surface area contributed by atoms with E-state index >= 15 is 0 Å². The van der Waals surface area contributed by atoms with Gasteiger partial charge in [-0.1, -0.05) is 37.6 Å². The lowest BCUT2D eigenvalue weighted by molar-refractivity contribution is -0.942. The molecule has 5 heterocycles. The van der Waals surface area contributed by atoms with Crippen molar-refractivity contribution in [1.29, 1.82) is 0 Å². The molecule has 0 bridgehead atoms. The van der Waals surface area contributed by atoms with E-state index in [-0.39, 0.29) is 48.7 Å². The van der Waals surface area contributed by atoms with E-state index in [9.17, 15) is 49.5 Å². The van der Waals surface area contributed by atoms with Gasteiger partial charge >= 0.3 is 5.97 Å². The number of hydrogen-bond donors (Lipinski definition) is 8. The number of rotatable bonds is 20. The Bertz CT molecular complexity index is 2790. The van der Waals surface area contributed by atoms with Gasteiger partial charge in [0.2, 0.25) is 18.1 Å². The van der Waals surface area contributed by atoms with Crippen LogP contribution in [0.25, 0.3) is 21.9 Å². The van der Waals surface area contributed by atoms with Gasteiger partial charge in [0.15, 0.2) is 5.82 Å². The third-order valence-electron chi connectivity index (χ3n) is 13.2. The number of carbonyl (C=O) groups excluding carboxylic acids is 4. The number of quaternary nitrogens is 1. The predicted octanol–water partition coefficient (Wildman–Crippen LogP) is 2.51. The van der Waals surface area contributed by atoms with Gasteiger partial charge in [-0.25, -0.2) is 14.8 Å². The average molecular weight is 964 g/mol. The highest BCUT2D eigenvalue weighted by molar-refractivity contribution is 6.13. The van der Waals surface area contributed by atoms with Crippen molar-refractivity contribution in [3.05, 3.63) is 101 Å². The van der Waals surface area contributed by atoms with E-state index in [1.165, 1.54) is 6.07 Å². The van der Waals surface area contributed by atoms with Gasteiger partial charge in [-0.3, -0.25) is 24.1 Å². The van der Waals surface area contributed by atoms with Crippen LogP contribution < -0.4 is 21.1 Å². The number of nitrogen functional groups attached to an aromatic ring is 1. The Labute approximate surface area is 402 Å². The number of unbranched alkanes of at least 4 members (excludes halogenated alkanes) is 1. The van der Waals surface area contributed by atoms with Gasteiger partial charge in [0.25, 0.3) is 11.8 Å². The molecule has 9 N–H and O–H groups in total. The Kier molecular flexibility index (Phi) is 15.2. The third-order valence-corrected chi connectivity index (χ3v) is 13.2. The zero-order valence-corrected chi connectivity index (χ0v) is 38.8. The first kappa shape index (κ1) is 49.6. The lowest BCUT2D eigenvalue weighted by atomic mass is 9.99. The number of fused-ring (bicyclic) bond motifs is 3. The van der Waals surface area contributed by atoms with Crippen molar-refractivity contribution < 1.29 is 63.5 Å². The summed E-state index contributed by atoms with van der Waals surface area (Å²) in [4.78, 5) is 71.9. The van der Waals surface area contributed by atoms with Crippen LogP contribution >= 0.6 is 0 Å². The number of nitrogens with two attached hydrogens (primary N) is 1. The highest BCUT2D eigenvalue weighted by Crippen LogP contribution is 2.35. The number of benzene rings is 3. The maximum Gasteiger partial charge on any atom is 0.335 e. The van der Waals surface area contributed by atoms with E-state index in [0.29, 0.717) is 24.1 Å². The molecule has 8 rings (SSSR count). The number of aliphatic hydroxyl groups excluding tert-OH is 4. The highest BCUT2D eigenvalue weighted by Gasteiger charge is 2.45. The van der Waals surface area contributed by atoms with Crippen molar-refractivity contribution in [3.63, 3.8) is 0 Å². The summed E-state index contributed by atoms with van der Waals surface area (Å²) in [5.74, 6) is -1.79. The highest BCUT2D eigenvalue weighted by atomic mass is 16.7. The molecule has 3 aromatic carbocycles. The Balaban J connectivity index is 0.993. The first-order valence-corrected chi connectivity index (χ1v) is 23.6. The fourth-order valence-corrected chi connectivity index (χ4v) is 9.52. The van der Waals surface area contributed by atoms with Crippen LogP contribution in [0.1, 0.15) is 78.3 Å². The van der Waals surface area contributed by atoms with Gasteiger partial charge in [-0.05, 0) is 48.4 Å². The molecule has 4 amide bonds. The smallest absolute Gasteiger partial charge is 0.335 e. The standard InChI is InChI=1S/C50H58N8O12/c1-2-3-6-38-55-43-44(33-13-12-32(49(67)68)24-34(33)54-48(43)51)57(38)25-29-7-9-30(10-8-29)26-58(21-4-5-22-58)27-31-11-14-36(69-50-47(66)46(65)45(64)37(28-59)70-50)35(23-31)53-40(61)17-19-52-39(60)18-20-56-41(62)15-16-42(56)63/h7-16,23-24,37,45-47,50,59,64-66H,2-6,17-22,25-28H2,1H3,(H4-,51,52,53,54,60,61,67,68)/p+1/t37-,45-,46+,47+,50+/m1/s1. The number of ether oxygens (including phenoxy) is 2. The second kappa shape index (κ2) is 21.5. The van der Waals surface area contributed by atoms with Crippen LogP contribution in [0.2, 0.25) is 0 Å². The van der Waals surface area contributed by atoms with Crippen LogP contribution in [0, 0.1) is 0 Å². The second-order valence-corrected chi connectivity index (χ2v) is 18.3. The largest absolute Gasteiger partial charge is 0.478 e. The number of imide groups is 1.